The molecule has 0 aliphatic carbocycles. The summed E-state index contributed by atoms with van der Waals surface area (Å²) in [6.07, 6.45) is 4.82. The molecule has 0 bridgehead atoms. The highest BCUT2D eigenvalue weighted by Crippen LogP contribution is 2.25. The molecule has 0 atom stereocenters. The number of unbranched alkanes of at least 4 members (excludes halogenated alkanes) is 2. The molecule has 0 saturated carbocycles. The summed E-state index contributed by atoms with van der Waals surface area (Å²) in [5.74, 6) is 0. The molecule has 0 aliphatic rings. The molecule has 1 aromatic carbocycles. The highest BCUT2D eigenvalue weighted by Gasteiger charge is 2.07. The average molecular weight is 248 g/mol. The molecule has 3 nitrogen and oxygen atoms in total. The Hall–Kier alpha value is -1.38. The normalized spacial score (nSPS) is 10.4. The van der Waals surface area contributed by atoms with Crippen molar-refractivity contribution >= 4 is 11.4 Å². The number of hydrogen-bond donors (Lipinski definition) is 0. The quantitative estimate of drug-likeness (QED) is 0.619. The van der Waals surface area contributed by atoms with Gasteiger partial charge in [-0.2, -0.15) is 0 Å². The fourth-order valence-corrected chi connectivity index (χ4v) is 2.01. The van der Waals surface area contributed by atoms with Gasteiger partial charge in [0.25, 0.3) is 0 Å². The summed E-state index contributed by atoms with van der Waals surface area (Å²) in [4.78, 5) is 13.0. The van der Waals surface area contributed by atoms with Gasteiger partial charge in [0.05, 0.1) is 0 Å². The minimum Gasteiger partial charge on any atom is -0.372 e. The molecule has 0 radical (unpaired) electrons. The van der Waals surface area contributed by atoms with E-state index < -0.39 is 0 Å². The van der Waals surface area contributed by atoms with Crippen molar-refractivity contribution in [3.8, 4) is 0 Å². The smallest absolute Gasteiger partial charge is 0.111 e. The summed E-state index contributed by atoms with van der Waals surface area (Å²) in [5.41, 5.74) is 2.71. The van der Waals surface area contributed by atoms with Crippen molar-refractivity contribution in [2.45, 2.75) is 46.5 Å². The lowest BCUT2D eigenvalue weighted by atomic mass is 10.1. The van der Waals surface area contributed by atoms with Crippen molar-refractivity contribution in [1.29, 1.82) is 0 Å². The standard InChI is InChI=1S/C15H24N2O/c1-4-6-10-17(11-7-5-2)14-8-9-15(16-18)13(3)12-14/h8-9,12H,4-7,10-11H2,1-3H3. The van der Waals surface area contributed by atoms with Crippen LogP contribution in [0.25, 0.3) is 0 Å². The Labute approximate surface area is 110 Å². The molecule has 0 N–H and O–H groups in total. The molecule has 0 fully saturated rings. The fourth-order valence-electron chi connectivity index (χ4n) is 2.01. The van der Waals surface area contributed by atoms with Crippen molar-refractivity contribution in [1.82, 2.24) is 0 Å². The molecule has 0 aliphatic heterocycles. The van der Waals surface area contributed by atoms with Gasteiger partial charge in [-0.3, -0.25) is 0 Å². The zero-order valence-electron chi connectivity index (χ0n) is 11.8. The van der Waals surface area contributed by atoms with Crippen LogP contribution in [0.2, 0.25) is 0 Å². The van der Waals surface area contributed by atoms with Gasteiger partial charge in [0.2, 0.25) is 0 Å². The van der Waals surface area contributed by atoms with Crippen LogP contribution >= 0.6 is 0 Å². The number of benzene rings is 1. The summed E-state index contributed by atoms with van der Waals surface area (Å²) in [6, 6.07) is 5.90. The van der Waals surface area contributed by atoms with Crippen molar-refractivity contribution in [3.63, 3.8) is 0 Å². The maximum Gasteiger partial charge on any atom is 0.111 e. The van der Waals surface area contributed by atoms with Gasteiger partial charge in [-0.1, -0.05) is 26.7 Å². The molecule has 0 amide bonds. The van der Waals surface area contributed by atoms with E-state index in [0.717, 1.165) is 18.7 Å². The van der Waals surface area contributed by atoms with Gasteiger partial charge in [-0.25, -0.2) is 0 Å². The van der Waals surface area contributed by atoms with Gasteiger partial charge in [0.1, 0.15) is 5.69 Å². The second-order valence-electron chi connectivity index (χ2n) is 4.76. The van der Waals surface area contributed by atoms with Gasteiger partial charge in [-0.15, -0.1) is 4.91 Å². The Morgan fingerprint density at radius 1 is 1.11 bits per heavy atom. The lowest BCUT2D eigenvalue weighted by Gasteiger charge is -2.25. The second kappa shape index (κ2) is 7.85. The van der Waals surface area contributed by atoms with E-state index in [2.05, 4.69) is 30.0 Å². The first kappa shape index (κ1) is 14.7. The third-order valence-corrected chi connectivity index (χ3v) is 3.21. The highest BCUT2D eigenvalue weighted by molar-refractivity contribution is 5.57. The molecule has 0 saturated heterocycles. The van der Waals surface area contributed by atoms with Gasteiger partial charge < -0.3 is 4.90 Å². The zero-order chi connectivity index (χ0) is 13.4. The van der Waals surface area contributed by atoms with E-state index in [4.69, 9.17) is 0 Å². The zero-order valence-corrected chi connectivity index (χ0v) is 11.8. The van der Waals surface area contributed by atoms with Crippen LogP contribution in [0.1, 0.15) is 45.1 Å². The van der Waals surface area contributed by atoms with Crippen LogP contribution < -0.4 is 4.90 Å². The van der Waals surface area contributed by atoms with Crippen LogP contribution in [0.5, 0.6) is 0 Å². The van der Waals surface area contributed by atoms with E-state index >= 15 is 0 Å². The van der Waals surface area contributed by atoms with Crippen LogP contribution in [-0.4, -0.2) is 13.1 Å². The molecule has 18 heavy (non-hydrogen) atoms. The van der Waals surface area contributed by atoms with Crippen molar-refractivity contribution in [2.75, 3.05) is 18.0 Å². The van der Waals surface area contributed by atoms with Crippen molar-refractivity contribution in [3.05, 3.63) is 28.7 Å². The second-order valence-corrected chi connectivity index (χ2v) is 4.76. The van der Waals surface area contributed by atoms with E-state index in [1.54, 1.807) is 0 Å². The van der Waals surface area contributed by atoms with Gasteiger partial charge in [0, 0.05) is 18.8 Å². The molecule has 100 valence electrons. The first-order chi connectivity index (χ1) is 8.72. The Bertz CT molecular complexity index is 369. The van der Waals surface area contributed by atoms with Crippen LogP contribution in [0.3, 0.4) is 0 Å². The van der Waals surface area contributed by atoms with Gasteiger partial charge in [-0.05, 0) is 48.7 Å². The van der Waals surface area contributed by atoms with Crippen LogP contribution in [0, 0.1) is 11.8 Å². The van der Waals surface area contributed by atoms with Crippen molar-refractivity contribution < 1.29 is 0 Å². The molecule has 0 spiro atoms. The van der Waals surface area contributed by atoms with E-state index in [-0.39, 0.29) is 0 Å². The van der Waals surface area contributed by atoms with E-state index in [0.29, 0.717) is 5.69 Å². The molecular weight excluding hydrogens is 224 g/mol. The molecular formula is C15H24N2O. The van der Waals surface area contributed by atoms with Gasteiger partial charge >= 0.3 is 0 Å². The molecule has 1 aromatic rings. The summed E-state index contributed by atoms with van der Waals surface area (Å²) < 4.78 is 0. The first-order valence-corrected chi connectivity index (χ1v) is 6.91. The van der Waals surface area contributed by atoms with E-state index in [1.165, 1.54) is 31.4 Å². The van der Waals surface area contributed by atoms with Crippen LogP contribution in [0.4, 0.5) is 11.4 Å². The largest absolute Gasteiger partial charge is 0.372 e. The summed E-state index contributed by atoms with van der Waals surface area (Å²) in [5, 5.41) is 3.03. The average Bonchev–Trinajstić information content (AvgIpc) is 2.39. The van der Waals surface area contributed by atoms with E-state index in [9.17, 15) is 4.91 Å². The maximum absolute atomic E-state index is 10.6. The first-order valence-electron chi connectivity index (χ1n) is 6.91. The number of anilines is 1. The van der Waals surface area contributed by atoms with Gasteiger partial charge in [0.15, 0.2) is 0 Å². The van der Waals surface area contributed by atoms with Crippen molar-refractivity contribution in [2.24, 2.45) is 5.18 Å². The minimum atomic E-state index is 0.546. The third-order valence-electron chi connectivity index (χ3n) is 3.21. The molecule has 1 rings (SSSR count). The minimum absolute atomic E-state index is 0.546. The molecule has 0 aromatic heterocycles. The number of rotatable bonds is 8. The summed E-state index contributed by atoms with van der Waals surface area (Å²) in [6.45, 7) is 8.54. The monoisotopic (exact) mass is 248 g/mol. The Morgan fingerprint density at radius 3 is 2.17 bits per heavy atom. The number of nitrogens with zero attached hydrogens (tertiary/aromatic N) is 2. The van der Waals surface area contributed by atoms with Crippen LogP contribution in [0.15, 0.2) is 23.4 Å². The summed E-state index contributed by atoms with van der Waals surface area (Å²) >= 11 is 0. The number of aryl methyl sites for hydroxylation is 1. The molecule has 3 heteroatoms. The lowest BCUT2D eigenvalue weighted by molar-refractivity contribution is 0.678. The SMILES string of the molecule is CCCCN(CCCC)c1ccc(N=O)c(C)c1. The third kappa shape index (κ3) is 4.13. The predicted molar refractivity (Wildman–Crippen MR) is 78.7 cm³/mol. The fraction of sp³-hybridized carbons (Fsp3) is 0.600. The molecule has 0 heterocycles. The Morgan fingerprint density at radius 2 is 1.72 bits per heavy atom. The highest BCUT2D eigenvalue weighted by atomic mass is 16.3. The lowest BCUT2D eigenvalue weighted by Crippen LogP contribution is -2.25. The topological polar surface area (TPSA) is 32.7 Å². The summed E-state index contributed by atoms with van der Waals surface area (Å²) in [7, 11) is 0. The Kier molecular flexibility index (Phi) is 6.40. The van der Waals surface area contributed by atoms with E-state index in [1.807, 2.05) is 19.1 Å². The predicted octanol–water partition coefficient (Wildman–Crippen LogP) is 4.80. The number of nitroso groups, excluding NO2 is 1. The van der Waals surface area contributed by atoms with Crippen LogP contribution in [-0.2, 0) is 0 Å². The number of hydrogen-bond acceptors (Lipinski definition) is 3. The molecule has 0 unspecified atom stereocenters. The Balaban J connectivity index is 2.82. The maximum atomic E-state index is 10.6.